The Morgan fingerprint density at radius 1 is 1.44 bits per heavy atom. The zero-order valence-corrected chi connectivity index (χ0v) is 9.65. The van der Waals surface area contributed by atoms with E-state index in [4.69, 9.17) is 5.73 Å². The van der Waals surface area contributed by atoms with Crippen LogP contribution in [0.3, 0.4) is 0 Å². The Balaban J connectivity index is 1.76. The highest BCUT2D eigenvalue weighted by Crippen LogP contribution is 2.03. The highest BCUT2D eigenvalue weighted by atomic mass is 32.1. The lowest BCUT2D eigenvalue weighted by Gasteiger charge is -1.98. The first kappa shape index (κ1) is 11.2. The zero-order chi connectivity index (χ0) is 11.2. The molecule has 2 rings (SSSR count). The summed E-state index contributed by atoms with van der Waals surface area (Å²) in [5, 5.41) is 14.3. The van der Waals surface area contributed by atoms with Gasteiger partial charge in [0, 0.05) is 37.4 Å². The van der Waals surface area contributed by atoms with Gasteiger partial charge in [-0.25, -0.2) is 4.98 Å². The lowest BCUT2D eigenvalue weighted by Crippen LogP contribution is -2.12. The average molecular weight is 238 g/mol. The number of nitrogens with zero attached hydrogens (tertiary/aromatic N) is 4. The van der Waals surface area contributed by atoms with Crippen molar-refractivity contribution in [1.82, 2.24) is 25.3 Å². The Hall–Kier alpha value is -1.31. The van der Waals surface area contributed by atoms with Crippen LogP contribution in [0.5, 0.6) is 0 Å². The summed E-state index contributed by atoms with van der Waals surface area (Å²) in [6, 6.07) is 0. The molecule has 0 aliphatic heterocycles. The van der Waals surface area contributed by atoms with E-state index in [1.54, 1.807) is 22.2 Å². The molecule has 0 aliphatic carbocycles. The van der Waals surface area contributed by atoms with Gasteiger partial charge >= 0.3 is 0 Å². The number of hydrogen-bond donors (Lipinski definition) is 2. The van der Waals surface area contributed by atoms with Crippen molar-refractivity contribution in [2.45, 2.75) is 19.6 Å². The summed E-state index contributed by atoms with van der Waals surface area (Å²) in [4.78, 5) is 4.18. The molecule has 0 bridgehead atoms. The van der Waals surface area contributed by atoms with Crippen molar-refractivity contribution in [1.29, 1.82) is 0 Å². The van der Waals surface area contributed by atoms with Crippen molar-refractivity contribution in [3.63, 3.8) is 0 Å². The molecular weight excluding hydrogens is 224 g/mol. The van der Waals surface area contributed by atoms with Crippen molar-refractivity contribution in [3.8, 4) is 0 Å². The Labute approximate surface area is 97.5 Å². The molecule has 2 aromatic rings. The fourth-order valence-electron chi connectivity index (χ4n) is 1.30. The van der Waals surface area contributed by atoms with Gasteiger partial charge in [-0.1, -0.05) is 5.21 Å². The third kappa shape index (κ3) is 3.09. The lowest BCUT2D eigenvalue weighted by molar-refractivity contribution is 0.598. The van der Waals surface area contributed by atoms with E-state index in [1.165, 1.54) is 0 Å². The van der Waals surface area contributed by atoms with Crippen molar-refractivity contribution in [2.75, 3.05) is 6.54 Å². The second-order valence-electron chi connectivity index (χ2n) is 3.29. The summed E-state index contributed by atoms with van der Waals surface area (Å²) in [7, 11) is 0. The van der Waals surface area contributed by atoms with Crippen LogP contribution in [0.25, 0.3) is 0 Å². The van der Waals surface area contributed by atoms with Gasteiger partial charge in [0.1, 0.15) is 5.01 Å². The Bertz CT molecular complexity index is 409. The maximum absolute atomic E-state index is 5.42. The molecular formula is C9H14N6S. The summed E-state index contributed by atoms with van der Waals surface area (Å²) >= 11 is 1.64. The predicted molar refractivity (Wildman–Crippen MR) is 61.7 cm³/mol. The molecule has 0 amide bonds. The van der Waals surface area contributed by atoms with Gasteiger partial charge in [-0.05, 0) is 0 Å². The molecule has 0 saturated carbocycles. The molecule has 6 nitrogen and oxygen atoms in total. The molecule has 0 aliphatic rings. The molecule has 0 aromatic carbocycles. The third-order valence-electron chi connectivity index (χ3n) is 2.01. The molecule has 2 aromatic heterocycles. The maximum atomic E-state index is 5.42. The van der Waals surface area contributed by atoms with Gasteiger partial charge in [0.05, 0.1) is 12.2 Å². The quantitative estimate of drug-likeness (QED) is 0.739. The number of aromatic nitrogens is 4. The summed E-state index contributed by atoms with van der Waals surface area (Å²) < 4.78 is 1.75. The molecule has 0 saturated heterocycles. The van der Waals surface area contributed by atoms with Crippen molar-refractivity contribution in [3.05, 3.63) is 28.5 Å². The van der Waals surface area contributed by atoms with E-state index in [0.29, 0.717) is 19.6 Å². The first-order chi connectivity index (χ1) is 7.88. The van der Waals surface area contributed by atoms with E-state index in [9.17, 15) is 0 Å². The van der Waals surface area contributed by atoms with Crippen LogP contribution in [0.1, 0.15) is 10.7 Å². The second kappa shape index (κ2) is 5.69. The van der Waals surface area contributed by atoms with Crippen molar-refractivity contribution < 1.29 is 0 Å². The molecule has 3 N–H and O–H groups in total. The fraction of sp³-hybridized carbons (Fsp3) is 0.444. The Morgan fingerprint density at radius 3 is 3.12 bits per heavy atom. The fourth-order valence-corrected chi connectivity index (χ4v) is 1.88. The molecule has 7 heteroatoms. The zero-order valence-electron chi connectivity index (χ0n) is 8.83. The molecule has 0 spiro atoms. The molecule has 0 radical (unpaired) electrons. The van der Waals surface area contributed by atoms with Crippen LogP contribution < -0.4 is 11.1 Å². The van der Waals surface area contributed by atoms with Crippen molar-refractivity contribution >= 4 is 11.3 Å². The summed E-state index contributed by atoms with van der Waals surface area (Å²) in [6.07, 6.45) is 3.71. The molecule has 0 unspecified atom stereocenters. The first-order valence-electron chi connectivity index (χ1n) is 5.06. The van der Waals surface area contributed by atoms with E-state index in [2.05, 4.69) is 20.6 Å². The molecule has 0 atom stereocenters. The van der Waals surface area contributed by atoms with Crippen LogP contribution in [-0.4, -0.2) is 26.5 Å². The minimum absolute atomic E-state index is 0.579. The molecule has 2 heterocycles. The number of nitrogens with two attached hydrogens (primary N) is 1. The highest BCUT2D eigenvalue weighted by Gasteiger charge is 2.00. The SMILES string of the molecule is NCCn1cc(CNCc2nccs2)nn1. The van der Waals surface area contributed by atoms with E-state index in [1.807, 2.05) is 11.6 Å². The smallest absolute Gasteiger partial charge is 0.106 e. The first-order valence-corrected chi connectivity index (χ1v) is 5.94. The van der Waals surface area contributed by atoms with Gasteiger partial charge in [0.15, 0.2) is 0 Å². The third-order valence-corrected chi connectivity index (χ3v) is 2.79. The average Bonchev–Trinajstić information content (AvgIpc) is 2.90. The lowest BCUT2D eigenvalue weighted by atomic mass is 10.4. The highest BCUT2D eigenvalue weighted by molar-refractivity contribution is 7.09. The molecule has 16 heavy (non-hydrogen) atoms. The van der Waals surface area contributed by atoms with E-state index < -0.39 is 0 Å². The molecule has 0 fully saturated rings. The second-order valence-corrected chi connectivity index (χ2v) is 4.27. The van der Waals surface area contributed by atoms with Gasteiger partial charge in [0.25, 0.3) is 0 Å². The summed E-state index contributed by atoms with van der Waals surface area (Å²) in [5.74, 6) is 0. The number of rotatable bonds is 6. The minimum Gasteiger partial charge on any atom is -0.329 e. The summed E-state index contributed by atoms with van der Waals surface area (Å²) in [5.41, 5.74) is 6.34. The van der Waals surface area contributed by atoms with Gasteiger partial charge < -0.3 is 11.1 Å². The van der Waals surface area contributed by atoms with Crippen LogP contribution >= 0.6 is 11.3 Å². The van der Waals surface area contributed by atoms with E-state index >= 15 is 0 Å². The van der Waals surface area contributed by atoms with Crippen LogP contribution in [0.15, 0.2) is 17.8 Å². The Morgan fingerprint density at radius 2 is 2.38 bits per heavy atom. The van der Waals surface area contributed by atoms with Crippen LogP contribution in [0.4, 0.5) is 0 Å². The number of thiazole rings is 1. The van der Waals surface area contributed by atoms with Gasteiger partial charge in [-0.15, -0.1) is 16.4 Å². The monoisotopic (exact) mass is 238 g/mol. The van der Waals surface area contributed by atoms with Gasteiger partial charge in [-0.3, -0.25) is 4.68 Å². The predicted octanol–water partition coefficient (Wildman–Crippen LogP) is -0.0169. The van der Waals surface area contributed by atoms with Crippen LogP contribution in [0, 0.1) is 0 Å². The standard InChI is InChI=1S/C9H14N6S/c10-1-3-15-7-8(13-14-15)5-11-6-9-12-2-4-16-9/h2,4,7,11H,1,3,5-6,10H2. The van der Waals surface area contributed by atoms with E-state index in [-0.39, 0.29) is 0 Å². The largest absolute Gasteiger partial charge is 0.329 e. The van der Waals surface area contributed by atoms with Crippen molar-refractivity contribution in [2.24, 2.45) is 5.73 Å². The van der Waals surface area contributed by atoms with E-state index in [0.717, 1.165) is 17.2 Å². The normalized spacial score (nSPS) is 10.8. The molecule has 86 valence electrons. The van der Waals surface area contributed by atoms with Crippen LogP contribution in [0.2, 0.25) is 0 Å². The maximum Gasteiger partial charge on any atom is 0.106 e. The van der Waals surface area contributed by atoms with Gasteiger partial charge in [0.2, 0.25) is 0 Å². The topological polar surface area (TPSA) is 81.6 Å². The number of hydrogen-bond acceptors (Lipinski definition) is 6. The van der Waals surface area contributed by atoms with Gasteiger partial charge in [-0.2, -0.15) is 0 Å². The minimum atomic E-state index is 0.579. The number of nitrogens with one attached hydrogen (secondary N) is 1. The van der Waals surface area contributed by atoms with Crippen LogP contribution in [-0.2, 0) is 19.6 Å². The summed E-state index contributed by atoms with van der Waals surface area (Å²) in [6.45, 7) is 2.75. The Kier molecular flexibility index (Phi) is 3.97.